The second kappa shape index (κ2) is 4.56. The lowest BCUT2D eigenvalue weighted by Gasteiger charge is -2.61. The Bertz CT molecular complexity index is 597. The highest BCUT2D eigenvalue weighted by Gasteiger charge is 2.65. The van der Waals surface area contributed by atoms with E-state index in [1.807, 2.05) is 0 Å². The Hall–Kier alpha value is -0.510. The van der Waals surface area contributed by atoms with Gasteiger partial charge in [-0.3, -0.25) is 0 Å². The van der Waals surface area contributed by atoms with E-state index in [1.165, 1.54) is 19.3 Å². The Morgan fingerprint density at radius 2 is 1.87 bits per heavy atom. The lowest BCUT2D eigenvalue weighted by Crippen LogP contribution is -2.61. The molecule has 0 amide bonds. The number of allylic oxidation sites excluding steroid dienone is 3. The van der Waals surface area contributed by atoms with Crippen molar-refractivity contribution in [2.45, 2.75) is 63.0 Å². The highest BCUT2D eigenvalue weighted by atomic mass is 35.5. The summed E-state index contributed by atoms with van der Waals surface area (Å²) in [6.45, 7) is 4.49. The fraction of sp³-hybridized carbons (Fsp3) is 0.789. The van der Waals surface area contributed by atoms with Crippen molar-refractivity contribution >= 4 is 11.6 Å². The second-order valence-corrected chi connectivity index (χ2v) is 9.54. The van der Waals surface area contributed by atoms with Crippen LogP contribution in [0.1, 0.15) is 52.4 Å². The van der Waals surface area contributed by atoms with E-state index in [0.29, 0.717) is 17.3 Å². The van der Waals surface area contributed by atoms with Crippen molar-refractivity contribution in [2.24, 2.45) is 28.6 Å². The van der Waals surface area contributed by atoms with Gasteiger partial charge in [-0.1, -0.05) is 32.4 Å². The number of rotatable bonds is 0. The molecule has 0 aromatic heterocycles. The van der Waals surface area contributed by atoms with E-state index in [2.05, 4.69) is 26.0 Å². The van der Waals surface area contributed by atoms with Gasteiger partial charge in [0.2, 0.25) is 5.79 Å². The quantitative estimate of drug-likeness (QED) is 0.356. The lowest BCUT2D eigenvalue weighted by atomic mass is 9.48. The van der Waals surface area contributed by atoms with Gasteiger partial charge in [0.25, 0.3) is 0 Å². The minimum Gasteiger partial charge on any atom is -0.507 e. The largest absolute Gasteiger partial charge is 0.507 e. The Balaban J connectivity index is 1.81. The van der Waals surface area contributed by atoms with Crippen molar-refractivity contribution in [3.63, 3.8) is 0 Å². The second-order valence-electron chi connectivity index (χ2n) is 8.87. The molecular formula is C19H27ClO3. The summed E-state index contributed by atoms with van der Waals surface area (Å²) in [5, 5.41) is 30.2. The minimum absolute atomic E-state index is 0.0621. The standard InChI is InChI=1S/C19H27ClO3/c1-16-7-3-4-13(16)14-6-5-12-10-19(22,23)15(21)11-17(12,2)18(14,20)9-8-16/h5-6,11-14,21-23H,3-4,7-10H2,1-2H3/t12?,13-,14-,16-,17-,18+/m0/s1. The molecule has 0 heterocycles. The topological polar surface area (TPSA) is 60.7 Å². The Labute approximate surface area is 143 Å². The maximum absolute atomic E-state index is 10.2. The van der Waals surface area contributed by atoms with Crippen LogP contribution in [0.5, 0.6) is 0 Å². The molecule has 128 valence electrons. The normalized spacial score (nSPS) is 54.0. The number of hydrogen-bond acceptors (Lipinski definition) is 3. The van der Waals surface area contributed by atoms with E-state index in [0.717, 1.165) is 12.8 Å². The molecule has 2 fully saturated rings. The first-order valence-electron chi connectivity index (χ1n) is 8.87. The lowest BCUT2D eigenvalue weighted by molar-refractivity contribution is -0.180. The van der Waals surface area contributed by atoms with Gasteiger partial charge >= 0.3 is 0 Å². The maximum Gasteiger partial charge on any atom is 0.222 e. The van der Waals surface area contributed by atoms with E-state index < -0.39 is 16.1 Å². The monoisotopic (exact) mass is 338 g/mol. The molecule has 0 spiro atoms. The van der Waals surface area contributed by atoms with Crippen LogP contribution >= 0.6 is 11.6 Å². The molecule has 0 bridgehead atoms. The van der Waals surface area contributed by atoms with Crippen molar-refractivity contribution in [3.8, 4) is 0 Å². The maximum atomic E-state index is 10.2. The summed E-state index contributed by atoms with van der Waals surface area (Å²) in [5.74, 6) is -1.66. The van der Waals surface area contributed by atoms with E-state index in [-0.39, 0.29) is 18.1 Å². The van der Waals surface area contributed by atoms with Crippen molar-refractivity contribution in [3.05, 3.63) is 24.0 Å². The van der Waals surface area contributed by atoms with Crippen LogP contribution in [0.2, 0.25) is 0 Å². The molecule has 0 aromatic carbocycles. The van der Waals surface area contributed by atoms with Gasteiger partial charge < -0.3 is 15.3 Å². The van der Waals surface area contributed by atoms with Crippen molar-refractivity contribution in [1.82, 2.24) is 0 Å². The molecule has 6 atom stereocenters. The summed E-state index contributed by atoms with van der Waals surface area (Å²) < 4.78 is 0. The molecule has 0 aromatic rings. The van der Waals surface area contributed by atoms with Crippen LogP contribution in [0.15, 0.2) is 24.0 Å². The van der Waals surface area contributed by atoms with Gasteiger partial charge in [-0.05, 0) is 49.0 Å². The van der Waals surface area contributed by atoms with E-state index in [1.54, 1.807) is 6.08 Å². The number of fused-ring (bicyclic) bond motifs is 5. The first kappa shape index (κ1) is 16.0. The fourth-order valence-electron chi connectivity index (χ4n) is 6.13. The Morgan fingerprint density at radius 1 is 1.13 bits per heavy atom. The Kier molecular flexibility index (Phi) is 3.17. The van der Waals surface area contributed by atoms with E-state index in [9.17, 15) is 15.3 Å². The molecular weight excluding hydrogens is 312 g/mol. The van der Waals surface area contributed by atoms with Gasteiger partial charge in [0.1, 0.15) is 5.76 Å². The molecule has 4 aliphatic rings. The van der Waals surface area contributed by atoms with Crippen LogP contribution in [-0.2, 0) is 0 Å². The zero-order valence-electron chi connectivity index (χ0n) is 13.9. The number of alkyl halides is 1. The van der Waals surface area contributed by atoms with Crippen molar-refractivity contribution in [1.29, 1.82) is 0 Å². The average Bonchev–Trinajstić information content (AvgIpc) is 2.84. The zero-order valence-corrected chi connectivity index (χ0v) is 14.7. The van der Waals surface area contributed by atoms with Gasteiger partial charge in [0, 0.05) is 17.8 Å². The summed E-state index contributed by atoms with van der Waals surface area (Å²) in [4.78, 5) is -0.453. The molecule has 4 heteroatoms. The summed E-state index contributed by atoms with van der Waals surface area (Å²) in [7, 11) is 0. The predicted molar refractivity (Wildman–Crippen MR) is 90.0 cm³/mol. The molecule has 2 saturated carbocycles. The first-order valence-corrected chi connectivity index (χ1v) is 9.25. The van der Waals surface area contributed by atoms with E-state index >= 15 is 0 Å². The molecule has 4 rings (SSSR count). The molecule has 1 unspecified atom stereocenters. The molecule has 0 aliphatic heterocycles. The van der Waals surface area contributed by atoms with Crippen molar-refractivity contribution < 1.29 is 15.3 Å². The molecule has 4 aliphatic carbocycles. The third-order valence-electron chi connectivity index (χ3n) is 7.75. The Morgan fingerprint density at radius 3 is 2.61 bits per heavy atom. The predicted octanol–water partition coefficient (Wildman–Crippen LogP) is 3.90. The van der Waals surface area contributed by atoms with E-state index in [4.69, 9.17) is 11.6 Å². The van der Waals surface area contributed by atoms with Gasteiger partial charge in [0.15, 0.2) is 0 Å². The highest BCUT2D eigenvalue weighted by molar-refractivity contribution is 6.25. The molecule has 23 heavy (non-hydrogen) atoms. The van der Waals surface area contributed by atoms with Crippen molar-refractivity contribution in [2.75, 3.05) is 0 Å². The molecule has 0 radical (unpaired) electrons. The SMILES string of the molecule is C[C@@]12CCC[C@H]1[C@@H]1C=CC3CC(O)(O)C(O)=C[C@]3(C)[C@@]1(Cl)CC2. The third-order valence-corrected chi connectivity index (χ3v) is 8.60. The summed E-state index contributed by atoms with van der Waals surface area (Å²) >= 11 is 7.31. The summed E-state index contributed by atoms with van der Waals surface area (Å²) in [6.07, 6.45) is 11.9. The summed E-state index contributed by atoms with van der Waals surface area (Å²) in [5.41, 5.74) is -0.0638. The van der Waals surface area contributed by atoms with Crippen LogP contribution < -0.4 is 0 Å². The van der Waals surface area contributed by atoms with Gasteiger partial charge in [0.05, 0.1) is 4.87 Å². The number of aliphatic hydroxyl groups is 3. The minimum atomic E-state index is -2.13. The molecule has 3 N–H and O–H groups in total. The van der Waals surface area contributed by atoms with Gasteiger partial charge in [-0.15, -0.1) is 11.6 Å². The number of aliphatic hydroxyl groups excluding tert-OH is 1. The molecule has 3 nitrogen and oxygen atoms in total. The number of halogens is 1. The zero-order chi connectivity index (χ0) is 16.7. The third kappa shape index (κ3) is 1.90. The van der Waals surface area contributed by atoms with Crippen LogP contribution in [0.25, 0.3) is 0 Å². The smallest absolute Gasteiger partial charge is 0.222 e. The van der Waals surface area contributed by atoms with Crippen LogP contribution in [0.3, 0.4) is 0 Å². The fourth-order valence-corrected chi connectivity index (χ4v) is 6.65. The average molecular weight is 339 g/mol. The molecule has 0 saturated heterocycles. The van der Waals surface area contributed by atoms with Crippen LogP contribution in [0.4, 0.5) is 0 Å². The summed E-state index contributed by atoms with van der Waals surface area (Å²) in [6, 6.07) is 0. The number of hydrogen-bond donors (Lipinski definition) is 3. The van der Waals surface area contributed by atoms with Crippen LogP contribution in [-0.4, -0.2) is 26.0 Å². The highest BCUT2D eigenvalue weighted by Crippen LogP contribution is 2.68. The van der Waals surface area contributed by atoms with Gasteiger partial charge in [-0.25, -0.2) is 0 Å². The van der Waals surface area contributed by atoms with Crippen LogP contribution in [0, 0.1) is 28.6 Å². The first-order chi connectivity index (χ1) is 10.6. The van der Waals surface area contributed by atoms with Gasteiger partial charge in [-0.2, -0.15) is 0 Å².